The molecule has 1 rings (SSSR count). The second-order valence-electron chi connectivity index (χ2n) is 3.92. The summed E-state index contributed by atoms with van der Waals surface area (Å²) < 4.78 is 0. The summed E-state index contributed by atoms with van der Waals surface area (Å²) >= 11 is 6.05. The quantitative estimate of drug-likeness (QED) is 0.755. The van der Waals surface area contributed by atoms with Crippen molar-refractivity contribution in [1.29, 1.82) is 0 Å². The molecule has 1 aromatic rings. The van der Waals surface area contributed by atoms with E-state index in [-0.39, 0.29) is 0 Å². The molecule has 3 heteroatoms. The van der Waals surface area contributed by atoms with E-state index in [9.17, 15) is 0 Å². The Morgan fingerprint density at radius 2 is 2.33 bits per heavy atom. The van der Waals surface area contributed by atoms with Gasteiger partial charge in [0.25, 0.3) is 0 Å². The maximum Gasteiger partial charge on any atom is 0.0621 e. The summed E-state index contributed by atoms with van der Waals surface area (Å²) in [4.78, 5) is 3.98. The molecule has 1 N–H and O–H groups in total. The lowest BCUT2D eigenvalue weighted by Crippen LogP contribution is -2.17. The molecule has 0 aliphatic rings. The van der Waals surface area contributed by atoms with Gasteiger partial charge in [-0.1, -0.05) is 25.4 Å². The fourth-order valence-corrected chi connectivity index (χ4v) is 1.77. The van der Waals surface area contributed by atoms with Crippen molar-refractivity contribution >= 4 is 11.6 Å². The molecule has 84 valence electrons. The highest BCUT2D eigenvalue weighted by Crippen LogP contribution is 2.18. The average Bonchev–Trinajstić information content (AvgIpc) is 2.22. The van der Waals surface area contributed by atoms with E-state index in [0.717, 1.165) is 24.5 Å². The van der Waals surface area contributed by atoms with Gasteiger partial charge in [-0.3, -0.25) is 4.98 Å². The Kier molecular flexibility index (Phi) is 5.66. The van der Waals surface area contributed by atoms with E-state index in [2.05, 4.69) is 24.1 Å². The van der Waals surface area contributed by atoms with E-state index in [4.69, 9.17) is 11.6 Å². The molecule has 1 aromatic heterocycles. The molecule has 0 aromatic carbocycles. The number of rotatable bonds is 6. The predicted molar refractivity (Wildman–Crippen MR) is 65.3 cm³/mol. The number of aromatic nitrogens is 1. The van der Waals surface area contributed by atoms with Gasteiger partial charge in [0.15, 0.2) is 0 Å². The van der Waals surface area contributed by atoms with Gasteiger partial charge in [0.2, 0.25) is 0 Å². The minimum atomic E-state index is 0.656. The van der Waals surface area contributed by atoms with E-state index in [1.54, 1.807) is 12.4 Å². The van der Waals surface area contributed by atoms with Crippen LogP contribution in [-0.4, -0.2) is 18.1 Å². The van der Waals surface area contributed by atoms with Crippen molar-refractivity contribution in [3.8, 4) is 0 Å². The van der Waals surface area contributed by atoms with E-state index in [0.29, 0.717) is 5.92 Å². The van der Waals surface area contributed by atoms with Gasteiger partial charge < -0.3 is 5.32 Å². The monoisotopic (exact) mass is 226 g/mol. The van der Waals surface area contributed by atoms with Gasteiger partial charge in [0.1, 0.15) is 0 Å². The fourth-order valence-electron chi connectivity index (χ4n) is 1.57. The van der Waals surface area contributed by atoms with Crippen molar-refractivity contribution < 1.29 is 0 Å². The van der Waals surface area contributed by atoms with Crippen LogP contribution in [-0.2, 0) is 6.42 Å². The van der Waals surface area contributed by atoms with Crippen LogP contribution in [0.15, 0.2) is 18.5 Å². The Hall–Kier alpha value is -0.600. The highest BCUT2D eigenvalue weighted by atomic mass is 35.5. The average molecular weight is 227 g/mol. The van der Waals surface area contributed by atoms with Crippen LogP contribution in [0.25, 0.3) is 0 Å². The fraction of sp³-hybridized carbons (Fsp3) is 0.583. The summed E-state index contributed by atoms with van der Waals surface area (Å²) in [6, 6.07) is 2.01. The molecule has 0 spiro atoms. The lowest BCUT2D eigenvalue weighted by Gasteiger charge is -2.12. The van der Waals surface area contributed by atoms with Crippen LogP contribution >= 0.6 is 11.6 Å². The Bertz CT molecular complexity index is 289. The normalized spacial score (nSPS) is 12.7. The van der Waals surface area contributed by atoms with E-state index in [1.807, 2.05) is 6.07 Å². The van der Waals surface area contributed by atoms with Crippen LogP contribution in [0, 0.1) is 5.92 Å². The first-order chi connectivity index (χ1) is 7.24. The molecular weight excluding hydrogens is 208 g/mol. The van der Waals surface area contributed by atoms with Crippen molar-refractivity contribution in [2.24, 2.45) is 5.92 Å². The molecule has 1 unspecified atom stereocenters. The highest BCUT2D eigenvalue weighted by Gasteiger charge is 2.06. The third-order valence-corrected chi connectivity index (χ3v) is 2.83. The molecule has 2 nitrogen and oxygen atoms in total. The van der Waals surface area contributed by atoms with E-state index in [1.165, 1.54) is 12.0 Å². The summed E-state index contributed by atoms with van der Waals surface area (Å²) in [7, 11) is 0. The predicted octanol–water partition coefficient (Wildman–Crippen LogP) is 2.91. The van der Waals surface area contributed by atoms with Gasteiger partial charge >= 0.3 is 0 Å². The molecule has 0 fully saturated rings. The summed E-state index contributed by atoms with van der Waals surface area (Å²) in [5.41, 5.74) is 1.20. The van der Waals surface area contributed by atoms with Crippen molar-refractivity contribution in [2.75, 3.05) is 13.1 Å². The summed E-state index contributed by atoms with van der Waals surface area (Å²) in [6.07, 6.45) is 5.74. The molecule has 1 atom stereocenters. The van der Waals surface area contributed by atoms with E-state index < -0.39 is 0 Å². The SMILES string of the molecule is CCNCCC(C)Cc1ccncc1Cl. The summed E-state index contributed by atoms with van der Waals surface area (Å²) in [5, 5.41) is 4.12. The third-order valence-electron chi connectivity index (χ3n) is 2.49. The van der Waals surface area contributed by atoms with Crippen LogP contribution in [0.1, 0.15) is 25.8 Å². The van der Waals surface area contributed by atoms with Crippen LogP contribution in [0.4, 0.5) is 0 Å². The van der Waals surface area contributed by atoms with Gasteiger partial charge in [0, 0.05) is 12.4 Å². The van der Waals surface area contributed by atoms with Gasteiger partial charge in [0.05, 0.1) is 5.02 Å². The van der Waals surface area contributed by atoms with Gasteiger partial charge in [-0.15, -0.1) is 0 Å². The van der Waals surface area contributed by atoms with Crippen molar-refractivity contribution in [1.82, 2.24) is 10.3 Å². The first-order valence-electron chi connectivity index (χ1n) is 5.53. The molecular formula is C12H19ClN2. The molecule has 0 aliphatic heterocycles. The lowest BCUT2D eigenvalue weighted by molar-refractivity contribution is 0.504. The number of nitrogens with one attached hydrogen (secondary N) is 1. The second kappa shape index (κ2) is 6.81. The minimum absolute atomic E-state index is 0.656. The van der Waals surface area contributed by atoms with Crippen LogP contribution in [0.2, 0.25) is 5.02 Å². The number of pyridine rings is 1. The zero-order valence-electron chi connectivity index (χ0n) is 9.46. The zero-order valence-corrected chi connectivity index (χ0v) is 10.2. The molecule has 15 heavy (non-hydrogen) atoms. The topological polar surface area (TPSA) is 24.9 Å². The van der Waals surface area contributed by atoms with Crippen LogP contribution < -0.4 is 5.32 Å². The first-order valence-corrected chi connectivity index (χ1v) is 5.91. The Balaban J connectivity index is 2.37. The Morgan fingerprint density at radius 1 is 1.53 bits per heavy atom. The smallest absolute Gasteiger partial charge is 0.0621 e. The first kappa shape index (κ1) is 12.5. The molecule has 0 amide bonds. The Morgan fingerprint density at radius 3 is 3.00 bits per heavy atom. The molecule has 0 saturated heterocycles. The van der Waals surface area contributed by atoms with Crippen molar-refractivity contribution in [3.05, 3.63) is 29.0 Å². The minimum Gasteiger partial charge on any atom is -0.317 e. The number of hydrogen-bond donors (Lipinski definition) is 1. The van der Waals surface area contributed by atoms with Gasteiger partial charge in [-0.2, -0.15) is 0 Å². The van der Waals surface area contributed by atoms with Crippen LogP contribution in [0.3, 0.4) is 0 Å². The van der Waals surface area contributed by atoms with Crippen molar-refractivity contribution in [3.63, 3.8) is 0 Å². The summed E-state index contributed by atoms with van der Waals surface area (Å²) in [5.74, 6) is 0.656. The largest absolute Gasteiger partial charge is 0.317 e. The van der Waals surface area contributed by atoms with Gasteiger partial charge in [-0.05, 0) is 43.5 Å². The van der Waals surface area contributed by atoms with E-state index >= 15 is 0 Å². The lowest BCUT2D eigenvalue weighted by atomic mass is 9.99. The maximum absolute atomic E-state index is 6.05. The maximum atomic E-state index is 6.05. The van der Waals surface area contributed by atoms with Crippen LogP contribution in [0.5, 0.6) is 0 Å². The molecule has 0 saturated carbocycles. The highest BCUT2D eigenvalue weighted by molar-refractivity contribution is 6.31. The molecule has 0 aliphatic carbocycles. The second-order valence-corrected chi connectivity index (χ2v) is 4.33. The summed E-state index contributed by atoms with van der Waals surface area (Å²) in [6.45, 7) is 6.52. The number of halogens is 1. The van der Waals surface area contributed by atoms with Gasteiger partial charge in [-0.25, -0.2) is 0 Å². The molecule has 0 bridgehead atoms. The zero-order chi connectivity index (χ0) is 11.1. The number of nitrogens with zero attached hydrogens (tertiary/aromatic N) is 1. The Labute approximate surface area is 97.1 Å². The standard InChI is InChI=1S/C12H19ClN2/c1-3-14-6-4-10(2)8-11-5-7-15-9-12(11)13/h5,7,9-10,14H,3-4,6,8H2,1-2H3. The van der Waals surface area contributed by atoms with Crippen molar-refractivity contribution in [2.45, 2.75) is 26.7 Å². The molecule has 0 radical (unpaired) electrons. The molecule has 1 heterocycles. The third kappa shape index (κ3) is 4.63. The number of hydrogen-bond acceptors (Lipinski definition) is 2.